The Bertz CT molecular complexity index is 555. The number of para-hydroxylation sites is 1. The van der Waals surface area contributed by atoms with Gasteiger partial charge in [0.2, 0.25) is 5.96 Å². The Labute approximate surface area is 105 Å². The fourth-order valence-electron chi connectivity index (χ4n) is 1.39. The van der Waals surface area contributed by atoms with E-state index in [9.17, 15) is 0 Å². The molecular weight excluding hydrogens is 238 g/mol. The molecule has 0 atom stereocenters. The van der Waals surface area contributed by atoms with E-state index in [2.05, 4.69) is 15.2 Å². The van der Waals surface area contributed by atoms with Crippen LogP contribution in [0.25, 0.3) is 10.9 Å². The molecular formula is C11H12ClN5. The Balaban J connectivity index is 0.00000144. The number of guanidine groups is 1. The molecule has 1 heterocycles. The van der Waals surface area contributed by atoms with Crippen LogP contribution in [0.1, 0.15) is 5.56 Å². The summed E-state index contributed by atoms with van der Waals surface area (Å²) in [7, 11) is 0. The van der Waals surface area contributed by atoms with Crippen molar-refractivity contribution < 1.29 is 0 Å². The average molecular weight is 250 g/mol. The van der Waals surface area contributed by atoms with Gasteiger partial charge in [-0.15, -0.1) is 17.5 Å². The fraction of sp³-hybridized carbons (Fsp3) is 0. The van der Waals surface area contributed by atoms with Crippen molar-refractivity contribution in [3.05, 3.63) is 42.1 Å². The third-order valence-electron chi connectivity index (χ3n) is 2.05. The van der Waals surface area contributed by atoms with E-state index in [-0.39, 0.29) is 18.4 Å². The van der Waals surface area contributed by atoms with Crippen molar-refractivity contribution in [1.82, 2.24) is 4.98 Å². The molecule has 0 bridgehead atoms. The van der Waals surface area contributed by atoms with Gasteiger partial charge in [-0.25, -0.2) is 0 Å². The minimum absolute atomic E-state index is 0. The van der Waals surface area contributed by atoms with E-state index in [1.165, 1.54) is 0 Å². The molecule has 88 valence electrons. The van der Waals surface area contributed by atoms with Crippen LogP contribution in [0.2, 0.25) is 0 Å². The van der Waals surface area contributed by atoms with E-state index >= 15 is 0 Å². The van der Waals surface area contributed by atoms with Crippen LogP contribution in [0.5, 0.6) is 0 Å². The van der Waals surface area contributed by atoms with E-state index in [1.807, 2.05) is 30.3 Å². The lowest BCUT2D eigenvalue weighted by molar-refractivity contribution is 1.21. The predicted molar refractivity (Wildman–Crippen MR) is 72.4 cm³/mol. The minimum Gasteiger partial charge on any atom is -0.369 e. The molecule has 0 radical (unpaired) electrons. The number of pyridine rings is 1. The first-order valence-corrected chi connectivity index (χ1v) is 4.73. The number of aromatic nitrogens is 1. The van der Waals surface area contributed by atoms with Gasteiger partial charge in [0.1, 0.15) is 0 Å². The maximum atomic E-state index is 5.17. The normalized spacial score (nSPS) is 10.1. The molecule has 0 saturated heterocycles. The second kappa shape index (κ2) is 5.81. The molecule has 0 saturated carbocycles. The molecule has 0 spiro atoms. The summed E-state index contributed by atoms with van der Waals surface area (Å²) >= 11 is 0. The number of benzene rings is 1. The van der Waals surface area contributed by atoms with Crippen molar-refractivity contribution in [2.24, 2.45) is 21.7 Å². The second-order valence-electron chi connectivity index (χ2n) is 3.19. The van der Waals surface area contributed by atoms with Crippen LogP contribution in [0.3, 0.4) is 0 Å². The van der Waals surface area contributed by atoms with Gasteiger partial charge < -0.3 is 11.5 Å². The minimum atomic E-state index is -0.0605. The first kappa shape index (κ1) is 12.9. The van der Waals surface area contributed by atoms with Crippen molar-refractivity contribution in [1.29, 1.82) is 0 Å². The van der Waals surface area contributed by atoms with Crippen LogP contribution < -0.4 is 11.5 Å². The number of halogens is 1. The summed E-state index contributed by atoms with van der Waals surface area (Å²) in [6.45, 7) is 0. The summed E-state index contributed by atoms with van der Waals surface area (Å²) in [4.78, 5) is 4.24. The Morgan fingerprint density at radius 3 is 2.71 bits per heavy atom. The summed E-state index contributed by atoms with van der Waals surface area (Å²) in [6.07, 6.45) is 3.32. The summed E-state index contributed by atoms with van der Waals surface area (Å²) in [6, 6.07) is 9.65. The van der Waals surface area contributed by atoms with Crippen LogP contribution >= 0.6 is 12.4 Å². The Hall–Kier alpha value is -2.14. The number of fused-ring (bicyclic) bond motifs is 1. The summed E-state index contributed by atoms with van der Waals surface area (Å²) < 4.78 is 0. The molecule has 0 aliphatic heterocycles. The Morgan fingerprint density at radius 2 is 1.94 bits per heavy atom. The van der Waals surface area contributed by atoms with Gasteiger partial charge in [0, 0.05) is 17.1 Å². The lowest BCUT2D eigenvalue weighted by Crippen LogP contribution is -2.21. The summed E-state index contributed by atoms with van der Waals surface area (Å²) in [5, 5.41) is 8.34. The summed E-state index contributed by atoms with van der Waals surface area (Å²) in [5.74, 6) is -0.0605. The average Bonchev–Trinajstić information content (AvgIpc) is 2.29. The van der Waals surface area contributed by atoms with Crippen LogP contribution in [-0.2, 0) is 0 Å². The van der Waals surface area contributed by atoms with Gasteiger partial charge in [-0.2, -0.15) is 5.10 Å². The Kier molecular flexibility index (Phi) is 4.42. The highest BCUT2D eigenvalue weighted by atomic mass is 35.5. The standard InChI is InChI=1S/C11H11N5.ClH/c12-11(13)16-15-7-8-5-6-14-10-4-2-1-3-9(8)10;/h1-7H,(H4,12,13,16);1H/b15-7-;. The first-order chi connectivity index (χ1) is 7.77. The van der Waals surface area contributed by atoms with E-state index in [4.69, 9.17) is 11.5 Å². The molecule has 4 N–H and O–H groups in total. The van der Waals surface area contributed by atoms with E-state index in [1.54, 1.807) is 12.4 Å². The van der Waals surface area contributed by atoms with Crippen molar-refractivity contribution in [2.45, 2.75) is 0 Å². The molecule has 6 heteroatoms. The zero-order valence-corrected chi connectivity index (χ0v) is 9.76. The second-order valence-corrected chi connectivity index (χ2v) is 3.19. The first-order valence-electron chi connectivity index (χ1n) is 4.73. The van der Waals surface area contributed by atoms with Crippen LogP contribution in [0.4, 0.5) is 0 Å². The molecule has 1 aromatic carbocycles. The SMILES string of the molecule is Cl.NC(N)=N/N=C\c1ccnc2ccccc12. The topological polar surface area (TPSA) is 89.7 Å². The summed E-state index contributed by atoms with van der Waals surface area (Å²) in [5.41, 5.74) is 12.2. The molecule has 5 nitrogen and oxygen atoms in total. The van der Waals surface area contributed by atoms with Gasteiger partial charge in [0.15, 0.2) is 0 Å². The van der Waals surface area contributed by atoms with Crippen molar-refractivity contribution in [3.63, 3.8) is 0 Å². The number of nitrogens with two attached hydrogens (primary N) is 2. The molecule has 1 aromatic heterocycles. The molecule has 0 aliphatic rings. The lowest BCUT2D eigenvalue weighted by Gasteiger charge is -1.99. The van der Waals surface area contributed by atoms with Crippen LogP contribution in [0, 0.1) is 0 Å². The lowest BCUT2D eigenvalue weighted by atomic mass is 10.1. The predicted octanol–water partition coefficient (Wildman–Crippen LogP) is 1.26. The number of nitrogens with zero attached hydrogens (tertiary/aromatic N) is 3. The highest BCUT2D eigenvalue weighted by Gasteiger charge is 1.97. The Morgan fingerprint density at radius 1 is 1.18 bits per heavy atom. The van der Waals surface area contributed by atoms with Crippen LogP contribution in [0.15, 0.2) is 46.7 Å². The van der Waals surface area contributed by atoms with Gasteiger partial charge >= 0.3 is 0 Å². The number of hydrogen-bond acceptors (Lipinski definition) is 3. The van der Waals surface area contributed by atoms with Crippen LogP contribution in [-0.4, -0.2) is 17.2 Å². The fourth-order valence-corrected chi connectivity index (χ4v) is 1.39. The van der Waals surface area contributed by atoms with E-state index < -0.39 is 0 Å². The van der Waals surface area contributed by atoms with Crippen molar-refractivity contribution >= 4 is 35.5 Å². The monoisotopic (exact) mass is 249 g/mol. The van der Waals surface area contributed by atoms with Gasteiger partial charge in [0.05, 0.1) is 11.7 Å². The third kappa shape index (κ3) is 3.15. The molecule has 2 aromatic rings. The van der Waals surface area contributed by atoms with E-state index in [0.717, 1.165) is 16.5 Å². The van der Waals surface area contributed by atoms with E-state index in [0.29, 0.717) is 0 Å². The molecule has 0 fully saturated rings. The molecule has 0 unspecified atom stereocenters. The van der Waals surface area contributed by atoms with Gasteiger partial charge in [-0.1, -0.05) is 18.2 Å². The van der Waals surface area contributed by atoms with Crippen molar-refractivity contribution in [2.75, 3.05) is 0 Å². The quantitative estimate of drug-likeness (QED) is 0.477. The zero-order chi connectivity index (χ0) is 11.4. The maximum absolute atomic E-state index is 5.17. The largest absolute Gasteiger partial charge is 0.369 e. The zero-order valence-electron chi connectivity index (χ0n) is 8.95. The number of rotatable bonds is 2. The van der Waals surface area contributed by atoms with Gasteiger partial charge in [-0.3, -0.25) is 4.98 Å². The van der Waals surface area contributed by atoms with Gasteiger partial charge in [-0.05, 0) is 12.1 Å². The highest BCUT2D eigenvalue weighted by Crippen LogP contribution is 2.14. The molecule has 0 aliphatic carbocycles. The molecule has 17 heavy (non-hydrogen) atoms. The highest BCUT2D eigenvalue weighted by molar-refractivity contribution is 5.98. The smallest absolute Gasteiger partial charge is 0.211 e. The molecule has 2 rings (SSSR count). The van der Waals surface area contributed by atoms with Crippen molar-refractivity contribution in [3.8, 4) is 0 Å². The van der Waals surface area contributed by atoms with Gasteiger partial charge in [0.25, 0.3) is 0 Å². The maximum Gasteiger partial charge on any atom is 0.211 e. The molecule has 0 amide bonds. The number of hydrogen-bond donors (Lipinski definition) is 2. The third-order valence-corrected chi connectivity index (χ3v) is 2.05.